The fraction of sp³-hybridized carbons (Fsp3) is 0.524. The molecule has 0 bridgehead atoms. The summed E-state index contributed by atoms with van der Waals surface area (Å²) in [5.74, 6) is 0.790. The number of nitrogens with one attached hydrogen (secondary N) is 1. The van der Waals surface area contributed by atoms with Crippen molar-refractivity contribution in [1.82, 2.24) is 10.2 Å². The van der Waals surface area contributed by atoms with Crippen LogP contribution in [0.4, 0.5) is 0 Å². The molecule has 1 N–H and O–H groups in total. The highest BCUT2D eigenvalue weighted by molar-refractivity contribution is 5.78. The number of hydrogen-bond acceptors (Lipinski definition) is 3. The summed E-state index contributed by atoms with van der Waals surface area (Å²) in [7, 11) is 1.63. The highest BCUT2D eigenvalue weighted by Gasteiger charge is 2.13. The maximum Gasteiger partial charge on any atom is 0.222 e. The van der Waals surface area contributed by atoms with Crippen LogP contribution < -0.4 is 10.1 Å². The number of rotatable bonds is 9. The molecule has 1 aliphatic carbocycles. The lowest BCUT2D eigenvalue weighted by Gasteiger charge is -2.22. The van der Waals surface area contributed by atoms with E-state index in [2.05, 4.69) is 11.4 Å². The van der Waals surface area contributed by atoms with Gasteiger partial charge in [0.15, 0.2) is 0 Å². The minimum Gasteiger partial charge on any atom is -0.497 e. The summed E-state index contributed by atoms with van der Waals surface area (Å²) in [5.41, 5.74) is 2.47. The molecule has 5 nitrogen and oxygen atoms in total. The standard InChI is InChI=1S/C21H30N2O3/c1-17(24)23(14-12-18-6-4-3-5-7-18)15-13-21(25)22-16-19-8-10-20(26-2)11-9-19/h6,8-11H,3-5,7,12-16H2,1-2H3,(H,22,25). The van der Waals surface area contributed by atoms with Crippen molar-refractivity contribution in [2.45, 2.75) is 52.0 Å². The van der Waals surface area contributed by atoms with Crippen molar-refractivity contribution in [2.75, 3.05) is 20.2 Å². The van der Waals surface area contributed by atoms with Crippen LogP contribution in [-0.4, -0.2) is 36.9 Å². The molecule has 5 heteroatoms. The number of ether oxygens (including phenoxy) is 1. The first kappa shape index (κ1) is 20.0. The molecule has 2 rings (SSSR count). The van der Waals surface area contributed by atoms with Crippen molar-refractivity contribution in [2.24, 2.45) is 0 Å². The second-order valence-corrected chi connectivity index (χ2v) is 6.74. The first-order valence-electron chi connectivity index (χ1n) is 9.41. The van der Waals surface area contributed by atoms with Gasteiger partial charge in [-0.15, -0.1) is 0 Å². The molecule has 0 aliphatic heterocycles. The molecule has 0 heterocycles. The summed E-state index contributed by atoms with van der Waals surface area (Å²) in [4.78, 5) is 25.7. The van der Waals surface area contributed by atoms with E-state index < -0.39 is 0 Å². The first-order chi connectivity index (χ1) is 12.6. The van der Waals surface area contributed by atoms with Gasteiger partial charge in [-0.1, -0.05) is 23.8 Å². The molecule has 0 aromatic heterocycles. The van der Waals surface area contributed by atoms with Crippen molar-refractivity contribution in [3.63, 3.8) is 0 Å². The average molecular weight is 358 g/mol. The molecule has 0 spiro atoms. The fourth-order valence-corrected chi connectivity index (χ4v) is 3.11. The van der Waals surface area contributed by atoms with Gasteiger partial charge in [0.2, 0.25) is 11.8 Å². The van der Waals surface area contributed by atoms with E-state index in [0.29, 0.717) is 26.1 Å². The zero-order chi connectivity index (χ0) is 18.8. The second-order valence-electron chi connectivity index (χ2n) is 6.74. The van der Waals surface area contributed by atoms with Crippen molar-refractivity contribution < 1.29 is 14.3 Å². The topological polar surface area (TPSA) is 58.6 Å². The summed E-state index contributed by atoms with van der Waals surface area (Å²) in [6, 6.07) is 7.61. The molecular weight excluding hydrogens is 328 g/mol. The quantitative estimate of drug-likeness (QED) is 0.688. The molecule has 1 aromatic carbocycles. The maximum atomic E-state index is 12.1. The Bertz CT molecular complexity index is 623. The summed E-state index contributed by atoms with van der Waals surface area (Å²) >= 11 is 0. The van der Waals surface area contributed by atoms with Crippen LogP contribution in [-0.2, 0) is 16.1 Å². The summed E-state index contributed by atoms with van der Waals surface area (Å²) in [6.07, 6.45) is 8.39. The molecule has 26 heavy (non-hydrogen) atoms. The zero-order valence-electron chi connectivity index (χ0n) is 15.9. The Morgan fingerprint density at radius 3 is 2.54 bits per heavy atom. The van der Waals surface area contributed by atoms with Gasteiger partial charge >= 0.3 is 0 Å². The molecule has 0 radical (unpaired) electrons. The Balaban J connectivity index is 1.71. The largest absolute Gasteiger partial charge is 0.497 e. The van der Waals surface area contributed by atoms with Gasteiger partial charge in [-0.05, 0) is 49.8 Å². The van der Waals surface area contributed by atoms with E-state index in [1.54, 1.807) is 18.9 Å². The number of carbonyl (C=O) groups is 2. The van der Waals surface area contributed by atoms with Crippen molar-refractivity contribution in [1.29, 1.82) is 0 Å². The predicted molar refractivity (Wildman–Crippen MR) is 103 cm³/mol. The van der Waals surface area contributed by atoms with Crippen molar-refractivity contribution in [3.05, 3.63) is 41.5 Å². The zero-order valence-corrected chi connectivity index (χ0v) is 15.9. The van der Waals surface area contributed by atoms with Gasteiger partial charge < -0.3 is 15.0 Å². The smallest absolute Gasteiger partial charge is 0.222 e. The first-order valence-corrected chi connectivity index (χ1v) is 9.41. The summed E-state index contributed by atoms with van der Waals surface area (Å²) in [6.45, 7) is 3.23. The Morgan fingerprint density at radius 1 is 1.15 bits per heavy atom. The molecule has 0 fully saturated rings. The highest BCUT2D eigenvalue weighted by Crippen LogP contribution is 2.20. The Kier molecular flexibility index (Phi) is 8.19. The number of amides is 2. The number of methoxy groups -OCH3 is 1. The van der Waals surface area contributed by atoms with Gasteiger partial charge in [0, 0.05) is 33.0 Å². The molecular formula is C21H30N2O3. The molecule has 1 aromatic rings. The molecule has 0 saturated heterocycles. The molecule has 2 amide bonds. The summed E-state index contributed by atoms with van der Waals surface area (Å²) in [5, 5.41) is 2.91. The van der Waals surface area contributed by atoms with Crippen LogP contribution >= 0.6 is 0 Å². The van der Waals surface area contributed by atoms with E-state index >= 15 is 0 Å². The predicted octanol–water partition coefficient (Wildman–Crippen LogP) is 3.44. The Hall–Kier alpha value is -2.30. The summed E-state index contributed by atoms with van der Waals surface area (Å²) < 4.78 is 5.12. The highest BCUT2D eigenvalue weighted by atomic mass is 16.5. The van der Waals surface area contributed by atoms with E-state index in [9.17, 15) is 9.59 Å². The minimum atomic E-state index is -0.0380. The van der Waals surface area contributed by atoms with Gasteiger partial charge in [-0.3, -0.25) is 9.59 Å². The van der Waals surface area contributed by atoms with Crippen molar-refractivity contribution in [3.8, 4) is 5.75 Å². The van der Waals surface area contributed by atoms with Gasteiger partial charge in [0.05, 0.1) is 7.11 Å². The van der Waals surface area contributed by atoms with E-state index in [4.69, 9.17) is 4.74 Å². The van der Waals surface area contributed by atoms with Crippen LogP contribution in [0.5, 0.6) is 5.75 Å². The number of nitrogens with zero attached hydrogens (tertiary/aromatic N) is 1. The van der Waals surface area contributed by atoms with Crippen LogP contribution in [0.2, 0.25) is 0 Å². The van der Waals surface area contributed by atoms with Crippen LogP contribution in [0, 0.1) is 0 Å². The van der Waals surface area contributed by atoms with Gasteiger partial charge in [-0.25, -0.2) is 0 Å². The number of carbonyl (C=O) groups excluding carboxylic acids is 2. The van der Waals surface area contributed by atoms with Gasteiger partial charge in [-0.2, -0.15) is 0 Å². The van der Waals surface area contributed by atoms with Crippen LogP contribution in [0.25, 0.3) is 0 Å². The molecule has 0 unspecified atom stereocenters. The van der Waals surface area contributed by atoms with Crippen LogP contribution in [0.3, 0.4) is 0 Å². The SMILES string of the molecule is COc1ccc(CNC(=O)CCN(CCC2=CCCCC2)C(C)=O)cc1. The number of hydrogen-bond donors (Lipinski definition) is 1. The maximum absolute atomic E-state index is 12.1. The number of allylic oxidation sites excluding steroid dienone is 1. The van der Waals surface area contributed by atoms with Crippen LogP contribution in [0.15, 0.2) is 35.9 Å². The molecule has 142 valence electrons. The Morgan fingerprint density at radius 2 is 1.92 bits per heavy atom. The van der Waals surface area contributed by atoms with Gasteiger partial charge in [0.25, 0.3) is 0 Å². The fourth-order valence-electron chi connectivity index (χ4n) is 3.11. The Labute approximate surface area is 156 Å². The molecule has 0 saturated carbocycles. The molecule has 0 atom stereocenters. The lowest BCUT2D eigenvalue weighted by molar-refractivity contribution is -0.129. The lowest BCUT2D eigenvalue weighted by atomic mass is 9.97. The number of benzene rings is 1. The van der Waals surface area contributed by atoms with Gasteiger partial charge in [0.1, 0.15) is 5.75 Å². The van der Waals surface area contributed by atoms with E-state index in [-0.39, 0.29) is 11.8 Å². The van der Waals surface area contributed by atoms with E-state index in [1.807, 2.05) is 24.3 Å². The van der Waals surface area contributed by atoms with E-state index in [1.165, 1.54) is 18.4 Å². The minimum absolute atomic E-state index is 0.0318. The second kappa shape index (κ2) is 10.6. The molecule has 1 aliphatic rings. The average Bonchev–Trinajstić information content (AvgIpc) is 2.67. The third kappa shape index (κ3) is 6.90. The van der Waals surface area contributed by atoms with Crippen molar-refractivity contribution >= 4 is 11.8 Å². The third-order valence-electron chi connectivity index (χ3n) is 4.79. The lowest BCUT2D eigenvalue weighted by Crippen LogP contribution is -2.34. The third-order valence-corrected chi connectivity index (χ3v) is 4.79. The normalized spacial score (nSPS) is 13.7. The van der Waals surface area contributed by atoms with Crippen LogP contribution in [0.1, 0.15) is 51.0 Å². The van der Waals surface area contributed by atoms with E-state index in [0.717, 1.165) is 30.6 Å². The monoisotopic (exact) mass is 358 g/mol.